The van der Waals surface area contributed by atoms with Gasteiger partial charge in [-0.15, -0.1) is 0 Å². The summed E-state index contributed by atoms with van der Waals surface area (Å²) in [6, 6.07) is 0. The average molecular weight is 387 g/mol. The van der Waals surface area contributed by atoms with Crippen LogP contribution in [0, 0.1) is 0 Å². The topological polar surface area (TPSA) is 13.0 Å². The van der Waals surface area contributed by atoms with Crippen molar-refractivity contribution >= 4 is 0 Å². The Morgan fingerprint density at radius 2 is 0.407 bits per heavy atom. The summed E-state index contributed by atoms with van der Waals surface area (Å²) in [4.78, 5) is 9.07. The van der Waals surface area contributed by atoms with E-state index < -0.39 is 0 Å². The van der Waals surface area contributed by atoms with Gasteiger partial charge in [0.05, 0.1) is 0 Å². The van der Waals surface area contributed by atoms with Crippen molar-refractivity contribution in [3.05, 3.63) is 0 Å². The van der Waals surface area contributed by atoms with Gasteiger partial charge >= 0.3 is 0 Å². The summed E-state index contributed by atoms with van der Waals surface area (Å²) in [5.41, 5.74) is 0. The molecule has 0 aromatic carbocycles. The lowest BCUT2D eigenvalue weighted by Crippen LogP contribution is -2.13. The summed E-state index contributed by atoms with van der Waals surface area (Å²) >= 11 is 0. The van der Waals surface area contributed by atoms with Crippen molar-refractivity contribution in [2.45, 2.75) is 70.6 Å². The molecule has 0 bridgehead atoms. The number of rotatable bonds is 17. The molecule has 0 aliphatic heterocycles. The molecule has 0 amide bonds. The van der Waals surface area contributed by atoms with E-state index in [2.05, 4.69) is 76.0 Å². The summed E-state index contributed by atoms with van der Waals surface area (Å²) < 4.78 is 0. The molecule has 0 aromatic rings. The molecule has 0 aliphatic carbocycles. The fourth-order valence-corrected chi connectivity index (χ4v) is 2.95. The number of hydrogen-bond donors (Lipinski definition) is 0. The van der Waals surface area contributed by atoms with Gasteiger partial charge in [0, 0.05) is 0 Å². The van der Waals surface area contributed by atoms with Crippen LogP contribution < -0.4 is 0 Å². The third kappa shape index (κ3) is 33.8. The molecular weight excluding hydrogens is 332 g/mol. The van der Waals surface area contributed by atoms with Crippen LogP contribution in [0.4, 0.5) is 0 Å². The smallest absolute Gasteiger partial charge is 0.00248 e. The highest BCUT2D eigenvalue weighted by Crippen LogP contribution is 2.06. The van der Waals surface area contributed by atoms with Gasteiger partial charge in [-0.25, -0.2) is 0 Å². The SMILES string of the molecule is CN(C)CCCCCCCCN(C)C.CN(C)CCCCCCCN(C)C. The monoisotopic (exact) mass is 386 g/mol. The number of hydrogen-bond acceptors (Lipinski definition) is 4. The van der Waals surface area contributed by atoms with E-state index in [1.807, 2.05) is 0 Å². The first kappa shape index (κ1) is 29.0. The van der Waals surface area contributed by atoms with Crippen LogP contribution in [0.1, 0.15) is 70.6 Å². The predicted molar refractivity (Wildman–Crippen MR) is 125 cm³/mol. The molecule has 0 saturated heterocycles. The van der Waals surface area contributed by atoms with Crippen molar-refractivity contribution in [1.29, 1.82) is 0 Å². The molecular formula is C23H54N4. The first-order valence-corrected chi connectivity index (χ1v) is 11.3. The number of unbranched alkanes of at least 4 members (excludes halogenated alkanes) is 9. The maximum absolute atomic E-state index is 2.27. The van der Waals surface area contributed by atoms with E-state index in [1.54, 1.807) is 0 Å². The Morgan fingerprint density at radius 1 is 0.259 bits per heavy atom. The Morgan fingerprint density at radius 3 is 0.556 bits per heavy atom. The van der Waals surface area contributed by atoms with Crippen molar-refractivity contribution in [2.24, 2.45) is 0 Å². The molecule has 0 heterocycles. The van der Waals surface area contributed by atoms with E-state index in [-0.39, 0.29) is 0 Å². The van der Waals surface area contributed by atoms with Crippen molar-refractivity contribution in [3.63, 3.8) is 0 Å². The van der Waals surface area contributed by atoms with E-state index in [9.17, 15) is 0 Å². The van der Waals surface area contributed by atoms with Crippen LogP contribution in [-0.2, 0) is 0 Å². The Bertz CT molecular complexity index is 239. The molecule has 0 aliphatic rings. The van der Waals surface area contributed by atoms with Crippen molar-refractivity contribution in [2.75, 3.05) is 82.6 Å². The Hall–Kier alpha value is -0.160. The van der Waals surface area contributed by atoms with E-state index in [0.717, 1.165) is 0 Å². The highest BCUT2D eigenvalue weighted by Gasteiger charge is 1.94. The van der Waals surface area contributed by atoms with Crippen LogP contribution in [0.2, 0.25) is 0 Å². The van der Waals surface area contributed by atoms with Crippen LogP contribution in [-0.4, -0.2) is 102 Å². The first-order chi connectivity index (χ1) is 12.8. The molecule has 166 valence electrons. The second-order valence-electron chi connectivity index (χ2n) is 9.10. The summed E-state index contributed by atoms with van der Waals surface area (Å²) in [6.07, 6.45) is 15.3. The molecule has 0 fully saturated rings. The Balaban J connectivity index is 0. The van der Waals surface area contributed by atoms with Gasteiger partial charge in [-0.3, -0.25) is 0 Å². The van der Waals surface area contributed by atoms with Crippen molar-refractivity contribution < 1.29 is 0 Å². The van der Waals surface area contributed by atoms with E-state index in [0.29, 0.717) is 0 Å². The third-order valence-electron chi connectivity index (χ3n) is 4.67. The maximum atomic E-state index is 2.27. The van der Waals surface area contributed by atoms with Gasteiger partial charge in [0.15, 0.2) is 0 Å². The molecule has 27 heavy (non-hydrogen) atoms. The van der Waals surface area contributed by atoms with E-state index in [4.69, 9.17) is 0 Å². The van der Waals surface area contributed by atoms with Gasteiger partial charge < -0.3 is 19.6 Å². The summed E-state index contributed by atoms with van der Waals surface area (Å²) in [7, 11) is 17.2. The van der Waals surface area contributed by atoms with Crippen LogP contribution in [0.15, 0.2) is 0 Å². The van der Waals surface area contributed by atoms with E-state index in [1.165, 1.54) is 96.8 Å². The predicted octanol–water partition coefficient (Wildman–Crippen LogP) is 4.51. The fraction of sp³-hybridized carbons (Fsp3) is 1.00. The second-order valence-corrected chi connectivity index (χ2v) is 9.10. The van der Waals surface area contributed by atoms with Crippen LogP contribution in [0.25, 0.3) is 0 Å². The normalized spacial score (nSPS) is 11.6. The molecule has 0 spiro atoms. The van der Waals surface area contributed by atoms with Gasteiger partial charge in [-0.2, -0.15) is 0 Å². The highest BCUT2D eigenvalue weighted by atomic mass is 15.1. The molecule has 0 rings (SSSR count). The Labute approximate surface area is 173 Å². The summed E-state index contributed by atoms with van der Waals surface area (Å²) in [5.74, 6) is 0. The van der Waals surface area contributed by atoms with Crippen LogP contribution >= 0.6 is 0 Å². The summed E-state index contributed by atoms with van der Waals surface area (Å²) in [6.45, 7) is 4.98. The van der Waals surface area contributed by atoms with Crippen LogP contribution in [0.5, 0.6) is 0 Å². The lowest BCUT2D eigenvalue weighted by Gasteiger charge is -2.10. The highest BCUT2D eigenvalue weighted by molar-refractivity contribution is 4.50. The lowest BCUT2D eigenvalue weighted by atomic mass is 10.1. The molecule has 0 atom stereocenters. The molecule has 0 aromatic heterocycles. The number of nitrogens with zero attached hydrogens (tertiary/aromatic N) is 4. The molecule has 0 N–H and O–H groups in total. The zero-order chi connectivity index (χ0) is 20.9. The molecule has 0 unspecified atom stereocenters. The standard InChI is InChI=1S/C12H28N2.C11H26N2/c1-13(2)11-9-7-5-6-8-10-12-14(3)4;1-12(2)10-8-6-5-7-9-11-13(3)4/h5-12H2,1-4H3;5-11H2,1-4H3. The van der Waals surface area contributed by atoms with Gasteiger partial charge in [0.1, 0.15) is 0 Å². The zero-order valence-electron chi connectivity index (χ0n) is 20.4. The minimum absolute atomic E-state index is 1.24. The maximum Gasteiger partial charge on any atom is -0.00248 e. The molecule has 0 saturated carbocycles. The van der Waals surface area contributed by atoms with Gasteiger partial charge in [0.2, 0.25) is 0 Å². The largest absolute Gasteiger partial charge is 0.309 e. The van der Waals surface area contributed by atoms with Crippen molar-refractivity contribution in [1.82, 2.24) is 19.6 Å². The lowest BCUT2D eigenvalue weighted by molar-refractivity contribution is 0.375. The van der Waals surface area contributed by atoms with Gasteiger partial charge in [-0.05, 0) is 108 Å². The molecule has 0 radical (unpaired) electrons. The first-order valence-electron chi connectivity index (χ1n) is 11.3. The quantitative estimate of drug-likeness (QED) is 0.341. The minimum atomic E-state index is 1.24. The summed E-state index contributed by atoms with van der Waals surface area (Å²) in [5, 5.41) is 0. The second kappa shape index (κ2) is 22.1. The fourth-order valence-electron chi connectivity index (χ4n) is 2.95. The minimum Gasteiger partial charge on any atom is -0.309 e. The zero-order valence-corrected chi connectivity index (χ0v) is 20.4. The third-order valence-corrected chi connectivity index (χ3v) is 4.67. The van der Waals surface area contributed by atoms with Crippen molar-refractivity contribution in [3.8, 4) is 0 Å². The van der Waals surface area contributed by atoms with E-state index >= 15 is 0 Å². The van der Waals surface area contributed by atoms with Gasteiger partial charge in [0.25, 0.3) is 0 Å². The molecule has 4 nitrogen and oxygen atoms in total. The average Bonchev–Trinajstić information content (AvgIpc) is 2.56. The van der Waals surface area contributed by atoms with Gasteiger partial charge in [-0.1, -0.05) is 44.9 Å². The van der Waals surface area contributed by atoms with Crippen LogP contribution in [0.3, 0.4) is 0 Å². The molecule has 4 heteroatoms. The Kier molecular flexibility index (Phi) is 23.8.